The highest BCUT2D eigenvalue weighted by Crippen LogP contribution is 2.39. The van der Waals surface area contributed by atoms with Crippen molar-refractivity contribution in [2.45, 2.75) is 76.6 Å². The van der Waals surface area contributed by atoms with Crippen molar-refractivity contribution in [3.05, 3.63) is 95.1 Å². The summed E-state index contributed by atoms with van der Waals surface area (Å²) in [4.78, 5) is 25.9. The second kappa shape index (κ2) is 15.9. The predicted octanol–water partition coefficient (Wildman–Crippen LogP) is 5.17. The molecule has 3 aromatic carbocycles. The van der Waals surface area contributed by atoms with Crippen LogP contribution in [0.4, 0.5) is 0 Å². The summed E-state index contributed by atoms with van der Waals surface area (Å²) in [5.41, 5.74) is 7.51. The van der Waals surface area contributed by atoms with Crippen LogP contribution in [-0.4, -0.2) is 52.8 Å². The van der Waals surface area contributed by atoms with Gasteiger partial charge >= 0.3 is 0 Å². The molecule has 5 rings (SSSR count). The van der Waals surface area contributed by atoms with Gasteiger partial charge in [-0.05, 0) is 72.3 Å². The number of amides is 2. The third kappa shape index (κ3) is 8.97. The van der Waals surface area contributed by atoms with E-state index in [1.165, 1.54) is 19.3 Å². The fraction of sp³-hybridized carbons (Fsp3) is 0.429. The molecule has 3 atom stereocenters. The number of hydrogen-bond acceptors (Lipinski definition) is 7. The molecule has 9 heteroatoms. The number of rotatable bonds is 12. The van der Waals surface area contributed by atoms with Gasteiger partial charge in [-0.25, -0.2) is 5.48 Å². The van der Waals surface area contributed by atoms with Crippen molar-refractivity contribution in [3.63, 3.8) is 0 Å². The van der Waals surface area contributed by atoms with Crippen LogP contribution >= 0.6 is 0 Å². The van der Waals surface area contributed by atoms with Crippen LogP contribution in [0.25, 0.3) is 11.1 Å². The summed E-state index contributed by atoms with van der Waals surface area (Å²) in [6.45, 7) is 3.49. The van der Waals surface area contributed by atoms with E-state index in [4.69, 9.17) is 14.7 Å². The Morgan fingerprint density at radius 3 is 2.30 bits per heavy atom. The molecule has 2 aliphatic heterocycles. The van der Waals surface area contributed by atoms with Crippen LogP contribution in [0.3, 0.4) is 0 Å². The fourth-order valence-corrected chi connectivity index (χ4v) is 5.94. The van der Waals surface area contributed by atoms with Crippen molar-refractivity contribution in [1.29, 1.82) is 0 Å². The number of piperidine rings is 1. The number of benzene rings is 3. The summed E-state index contributed by atoms with van der Waals surface area (Å²) < 4.78 is 13.2. The first kappa shape index (κ1) is 31.8. The van der Waals surface area contributed by atoms with Crippen molar-refractivity contribution in [2.24, 2.45) is 0 Å². The largest absolute Gasteiger partial charge is 0.392 e. The Kier molecular flexibility index (Phi) is 11.5. The lowest BCUT2D eigenvalue weighted by atomic mass is 9.98. The first-order valence-corrected chi connectivity index (χ1v) is 15.6. The Hall–Kier alpha value is -3.60. The van der Waals surface area contributed by atoms with E-state index in [-0.39, 0.29) is 37.6 Å². The van der Waals surface area contributed by atoms with Crippen LogP contribution in [-0.2, 0) is 32.2 Å². The number of likely N-dealkylation sites (tertiary alicyclic amines) is 1. The van der Waals surface area contributed by atoms with Gasteiger partial charge in [0.1, 0.15) is 0 Å². The molecule has 0 aliphatic carbocycles. The maximum absolute atomic E-state index is 12.2. The second-order valence-electron chi connectivity index (χ2n) is 11.7. The summed E-state index contributed by atoms with van der Waals surface area (Å²) in [5.74, 6) is -0.643. The molecule has 9 nitrogen and oxygen atoms in total. The van der Waals surface area contributed by atoms with Gasteiger partial charge in [0.25, 0.3) is 0 Å². The minimum absolute atomic E-state index is 0.0149. The molecule has 2 saturated heterocycles. The number of aliphatic hydroxyl groups excluding tert-OH is 1. The van der Waals surface area contributed by atoms with E-state index in [1.807, 2.05) is 54.6 Å². The van der Waals surface area contributed by atoms with Crippen molar-refractivity contribution in [2.75, 3.05) is 19.6 Å². The number of hydrogen-bond donors (Lipinski definition) is 4. The summed E-state index contributed by atoms with van der Waals surface area (Å²) in [6.07, 6.45) is 4.59. The smallest absolute Gasteiger partial charge is 0.243 e. The molecular weight excluding hydrogens is 558 g/mol. The van der Waals surface area contributed by atoms with Crippen molar-refractivity contribution in [1.82, 2.24) is 15.7 Å². The van der Waals surface area contributed by atoms with Crippen LogP contribution in [0, 0.1) is 0 Å². The van der Waals surface area contributed by atoms with Crippen LogP contribution in [0.15, 0.2) is 72.8 Å². The number of carbonyl (C=O) groups excluding carboxylic acids is 2. The monoisotopic (exact) mass is 601 g/mol. The highest BCUT2D eigenvalue weighted by molar-refractivity contribution is 5.78. The molecule has 0 aromatic heterocycles. The van der Waals surface area contributed by atoms with Gasteiger partial charge in [-0.1, -0.05) is 67.1 Å². The van der Waals surface area contributed by atoms with E-state index in [9.17, 15) is 14.7 Å². The molecule has 0 unspecified atom stereocenters. The molecular formula is C35H43N3O6. The van der Waals surface area contributed by atoms with Gasteiger partial charge < -0.3 is 24.8 Å². The average Bonchev–Trinajstić information content (AvgIpc) is 3.08. The van der Waals surface area contributed by atoms with Gasteiger partial charge in [-0.3, -0.25) is 14.8 Å². The van der Waals surface area contributed by atoms with E-state index < -0.39 is 12.2 Å². The lowest BCUT2D eigenvalue weighted by molar-refractivity contribution is -0.253. The molecule has 4 N–H and O–H groups in total. The van der Waals surface area contributed by atoms with Gasteiger partial charge in [0.15, 0.2) is 6.29 Å². The number of hydroxylamine groups is 1. The first-order chi connectivity index (χ1) is 21.5. The number of ether oxygens (including phenoxy) is 2. The highest BCUT2D eigenvalue weighted by atomic mass is 16.7. The first-order valence-electron chi connectivity index (χ1n) is 15.6. The number of nitrogens with one attached hydrogen (secondary N) is 2. The summed E-state index contributed by atoms with van der Waals surface area (Å²) in [6, 6.07) is 24.3. The second-order valence-corrected chi connectivity index (χ2v) is 11.7. The molecule has 234 valence electrons. The lowest BCUT2D eigenvalue weighted by Crippen LogP contribution is -2.41. The van der Waals surface area contributed by atoms with Gasteiger partial charge in [-0.2, -0.15) is 0 Å². The fourth-order valence-electron chi connectivity index (χ4n) is 5.94. The zero-order valence-electron chi connectivity index (χ0n) is 25.1. The van der Waals surface area contributed by atoms with E-state index in [2.05, 4.69) is 28.4 Å². The van der Waals surface area contributed by atoms with E-state index in [0.717, 1.165) is 59.4 Å². The molecule has 2 fully saturated rings. The third-order valence-corrected chi connectivity index (χ3v) is 8.37. The van der Waals surface area contributed by atoms with Crippen molar-refractivity contribution >= 4 is 11.8 Å². The van der Waals surface area contributed by atoms with E-state index >= 15 is 0 Å². The Balaban J connectivity index is 1.28. The zero-order chi connectivity index (χ0) is 30.7. The zero-order valence-corrected chi connectivity index (χ0v) is 25.1. The molecule has 0 bridgehead atoms. The Morgan fingerprint density at radius 2 is 1.55 bits per heavy atom. The molecule has 0 spiro atoms. The van der Waals surface area contributed by atoms with Gasteiger partial charge in [0.2, 0.25) is 11.8 Å². The van der Waals surface area contributed by atoms with Crippen LogP contribution in [0.5, 0.6) is 0 Å². The average molecular weight is 602 g/mol. The highest BCUT2D eigenvalue weighted by Gasteiger charge is 2.33. The number of carbonyl (C=O) groups is 2. The molecule has 3 aromatic rings. The quantitative estimate of drug-likeness (QED) is 0.167. The Morgan fingerprint density at radius 1 is 0.818 bits per heavy atom. The maximum atomic E-state index is 12.2. The molecule has 2 amide bonds. The van der Waals surface area contributed by atoms with Crippen molar-refractivity contribution in [3.8, 4) is 11.1 Å². The molecule has 44 heavy (non-hydrogen) atoms. The number of nitrogens with zero attached hydrogens (tertiary/aromatic N) is 1. The SMILES string of the molecule is O=C(CCCC(=O)NCc1cccc(-c2cccc([C@H]3O[C@@H](CN4CCCCC4)C[C@@H](c4ccc(CO)cc4)O3)c2)c1)NO. The summed E-state index contributed by atoms with van der Waals surface area (Å²) in [7, 11) is 0. The van der Waals surface area contributed by atoms with Crippen LogP contribution < -0.4 is 10.8 Å². The van der Waals surface area contributed by atoms with Crippen LogP contribution in [0.2, 0.25) is 0 Å². The Labute approximate surface area is 259 Å². The van der Waals surface area contributed by atoms with Crippen LogP contribution in [0.1, 0.15) is 79.6 Å². The van der Waals surface area contributed by atoms with Gasteiger partial charge in [-0.15, -0.1) is 0 Å². The lowest BCUT2D eigenvalue weighted by Gasteiger charge is -2.39. The normalized spacial score (nSPS) is 20.6. The predicted molar refractivity (Wildman–Crippen MR) is 166 cm³/mol. The van der Waals surface area contributed by atoms with E-state index in [0.29, 0.717) is 13.0 Å². The van der Waals surface area contributed by atoms with Crippen molar-refractivity contribution < 1.29 is 29.4 Å². The number of aliphatic hydroxyl groups is 1. The molecule has 0 saturated carbocycles. The van der Waals surface area contributed by atoms with E-state index in [1.54, 1.807) is 5.48 Å². The summed E-state index contributed by atoms with van der Waals surface area (Å²) in [5, 5.41) is 21.0. The minimum Gasteiger partial charge on any atom is -0.392 e. The topological polar surface area (TPSA) is 120 Å². The molecule has 0 radical (unpaired) electrons. The molecule has 2 aliphatic rings. The Bertz CT molecular complexity index is 1370. The van der Waals surface area contributed by atoms with Gasteiger partial charge in [0, 0.05) is 37.9 Å². The third-order valence-electron chi connectivity index (χ3n) is 8.37. The minimum atomic E-state index is -0.517. The summed E-state index contributed by atoms with van der Waals surface area (Å²) >= 11 is 0. The van der Waals surface area contributed by atoms with Gasteiger partial charge in [0.05, 0.1) is 18.8 Å². The molecule has 2 heterocycles. The maximum Gasteiger partial charge on any atom is 0.243 e. The standard InChI is InChI=1S/C35H43N3O6/c39-24-25-13-15-27(16-14-25)32-21-31(23-38-17-2-1-3-18-38)43-35(44-32)30-10-5-9-29(20-30)28-8-4-7-26(19-28)22-36-33(40)11-6-12-34(41)37-42/h4-5,7-10,13-16,19-20,31-32,35,39,42H,1-3,6,11-12,17-18,21-24H2,(H,36,40)(H,37,41)/t31-,32+,35+/m1/s1.